The van der Waals surface area contributed by atoms with Crippen molar-refractivity contribution in [3.63, 3.8) is 0 Å². The van der Waals surface area contributed by atoms with Gasteiger partial charge in [0, 0.05) is 11.3 Å². The van der Waals surface area contributed by atoms with E-state index in [0.717, 1.165) is 0 Å². The molecule has 0 aliphatic rings. The van der Waals surface area contributed by atoms with Crippen molar-refractivity contribution in [2.24, 2.45) is 0 Å². The second-order valence-electron chi connectivity index (χ2n) is 2.76. The smallest absolute Gasteiger partial charge is 0.246 e. The Morgan fingerprint density at radius 1 is 1.33 bits per heavy atom. The summed E-state index contributed by atoms with van der Waals surface area (Å²) < 4.78 is 24.5. The van der Waals surface area contributed by atoms with E-state index in [0.29, 0.717) is 17.5 Å². The molecule has 0 aliphatic carbocycles. The minimum atomic E-state index is -3.60. The standard InChI is InChI=1S/C9H8N2O3S/c10-5-6-15(13,14)11-9-3-1-8(7-12)2-4-9/h1-4,7,11H,6H2. The molecular weight excluding hydrogens is 216 g/mol. The molecule has 6 heteroatoms. The van der Waals surface area contributed by atoms with E-state index < -0.39 is 15.8 Å². The lowest BCUT2D eigenvalue weighted by molar-refractivity contribution is 0.112. The fourth-order valence-corrected chi connectivity index (χ4v) is 1.67. The highest BCUT2D eigenvalue weighted by molar-refractivity contribution is 7.92. The highest BCUT2D eigenvalue weighted by Gasteiger charge is 2.08. The van der Waals surface area contributed by atoms with Crippen LogP contribution in [0.1, 0.15) is 10.4 Å². The van der Waals surface area contributed by atoms with Crippen LogP contribution < -0.4 is 4.72 Å². The fourth-order valence-electron chi connectivity index (χ4n) is 0.930. The first kappa shape index (κ1) is 11.2. The molecule has 1 rings (SSSR count). The first-order valence-electron chi connectivity index (χ1n) is 4.00. The number of nitriles is 1. The molecule has 0 heterocycles. The van der Waals surface area contributed by atoms with E-state index >= 15 is 0 Å². The predicted molar refractivity (Wildman–Crippen MR) is 54.9 cm³/mol. The molecule has 1 aromatic carbocycles. The Balaban J connectivity index is 2.83. The SMILES string of the molecule is N#CCS(=O)(=O)Nc1ccc(C=O)cc1. The molecule has 0 aliphatic heterocycles. The quantitative estimate of drug-likeness (QED) is 0.765. The van der Waals surface area contributed by atoms with Crippen LogP contribution in [-0.2, 0) is 10.0 Å². The summed E-state index contributed by atoms with van der Waals surface area (Å²) in [6, 6.07) is 7.42. The van der Waals surface area contributed by atoms with Crippen LogP contribution in [0.4, 0.5) is 5.69 Å². The average molecular weight is 224 g/mol. The van der Waals surface area contributed by atoms with Crippen molar-refractivity contribution in [2.75, 3.05) is 10.5 Å². The van der Waals surface area contributed by atoms with Gasteiger partial charge < -0.3 is 0 Å². The number of hydrogen-bond donors (Lipinski definition) is 1. The van der Waals surface area contributed by atoms with Crippen LogP contribution in [0, 0.1) is 11.3 Å². The number of nitrogens with one attached hydrogen (secondary N) is 1. The lowest BCUT2D eigenvalue weighted by Crippen LogP contribution is -2.15. The Hall–Kier alpha value is -1.87. The molecule has 0 unspecified atom stereocenters. The summed E-state index contributed by atoms with van der Waals surface area (Å²) in [6.07, 6.45) is 0.660. The van der Waals surface area contributed by atoms with Gasteiger partial charge in [-0.1, -0.05) is 0 Å². The third-order valence-electron chi connectivity index (χ3n) is 1.57. The van der Waals surface area contributed by atoms with Gasteiger partial charge >= 0.3 is 0 Å². The van der Waals surface area contributed by atoms with Crippen molar-refractivity contribution in [1.82, 2.24) is 0 Å². The van der Waals surface area contributed by atoms with Crippen molar-refractivity contribution in [3.8, 4) is 6.07 Å². The van der Waals surface area contributed by atoms with Gasteiger partial charge in [0.2, 0.25) is 10.0 Å². The van der Waals surface area contributed by atoms with E-state index in [2.05, 4.69) is 4.72 Å². The Kier molecular flexibility index (Phi) is 3.42. The van der Waals surface area contributed by atoms with Crippen LogP contribution in [0.3, 0.4) is 0 Å². The van der Waals surface area contributed by atoms with Gasteiger partial charge in [-0.15, -0.1) is 0 Å². The maximum atomic E-state index is 11.2. The largest absolute Gasteiger partial charge is 0.298 e. The summed E-state index contributed by atoms with van der Waals surface area (Å²) in [5, 5.41) is 8.25. The van der Waals surface area contributed by atoms with Crippen molar-refractivity contribution in [1.29, 1.82) is 5.26 Å². The number of rotatable bonds is 4. The van der Waals surface area contributed by atoms with Gasteiger partial charge in [-0.2, -0.15) is 5.26 Å². The summed E-state index contributed by atoms with van der Waals surface area (Å²) in [4.78, 5) is 10.3. The van der Waals surface area contributed by atoms with Crippen molar-refractivity contribution >= 4 is 22.0 Å². The predicted octanol–water partition coefficient (Wildman–Crippen LogP) is 0.764. The van der Waals surface area contributed by atoms with Gasteiger partial charge in [0.25, 0.3) is 0 Å². The zero-order valence-electron chi connectivity index (χ0n) is 7.67. The van der Waals surface area contributed by atoms with Crippen LogP contribution in [0.5, 0.6) is 0 Å². The van der Waals surface area contributed by atoms with Gasteiger partial charge in [0.15, 0.2) is 5.75 Å². The molecule has 0 fully saturated rings. The third-order valence-corrected chi connectivity index (χ3v) is 2.63. The lowest BCUT2D eigenvalue weighted by Gasteiger charge is -2.04. The Labute approximate surface area is 87.4 Å². The molecule has 0 aromatic heterocycles. The lowest BCUT2D eigenvalue weighted by atomic mass is 10.2. The molecule has 15 heavy (non-hydrogen) atoms. The molecular formula is C9H8N2O3S. The van der Waals surface area contributed by atoms with E-state index in [-0.39, 0.29) is 0 Å². The molecule has 0 bridgehead atoms. The first-order valence-corrected chi connectivity index (χ1v) is 5.65. The van der Waals surface area contributed by atoms with Crippen LogP contribution in [0.15, 0.2) is 24.3 Å². The van der Waals surface area contributed by atoms with E-state index in [1.807, 2.05) is 0 Å². The summed E-state index contributed by atoms with van der Waals surface area (Å²) in [5.41, 5.74) is 0.786. The van der Waals surface area contributed by atoms with E-state index in [1.165, 1.54) is 24.3 Å². The molecule has 0 radical (unpaired) electrons. The van der Waals surface area contributed by atoms with Gasteiger partial charge in [0.05, 0.1) is 6.07 Å². The number of sulfonamides is 1. The Bertz CT molecular complexity index is 485. The number of aldehydes is 1. The normalized spacial score (nSPS) is 10.3. The molecule has 1 N–H and O–H groups in total. The van der Waals surface area contributed by atoms with Crippen LogP contribution in [0.2, 0.25) is 0 Å². The second kappa shape index (κ2) is 4.57. The number of benzene rings is 1. The Morgan fingerprint density at radius 2 is 1.93 bits per heavy atom. The number of carbonyl (C=O) groups excluding carboxylic acids is 1. The molecule has 0 atom stereocenters. The Morgan fingerprint density at radius 3 is 2.40 bits per heavy atom. The van der Waals surface area contributed by atoms with Gasteiger partial charge in [-0.25, -0.2) is 8.42 Å². The fraction of sp³-hybridized carbons (Fsp3) is 0.111. The second-order valence-corrected chi connectivity index (χ2v) is 4.48. The summed E-state index contributed by atoms with van der Waals surface area (Å²) in [6.45, 7) is 0. The number of hydrogen-bond acceptors (Lipinski definition) is 4. The molecule has 1 aromatic rings. The molecule has 0 saturated heterocycles. The molecule has 0 saturated carbocycles. The maximum Gasteiger partial charge on any atom is 0.246 e. The summed E-state index contributed by atoms with van der Waals surface area (Å²) in [7, 11) is -3.60. The summed E-state index contributed by atoms with van der Waals surface area (Å²) >= 11 is 0. The van der Waals surface area contributed by atoms with Crippen molar-refractivity contribution in [2.45, 2.75) is 0 Å². The number of nitrogens with zero attached hydrogens (tertiary/aromatic N) is 1. The molecule has 0 amide bonds. The third kappa shape index (κ3) is 3.40. The van der Waals surface area contributed by atoms with E-state index in [9.17, 15) is 13.2 Å². The zero-order chi connectivity index (χ0) is 11.3. The summed E-state index contributed by atoms with van der Waals surface area (Å²) in [5.74, 6) is -0.595. The first-order chi connectivity index (χ1) is 7.07. The van der Waals surface area contributed by atoms with Crippen molar-refractivity contribution < 1.29 is 13.2 Å². The zero-order valence-corrected chi connectivity index (χ0v) is 8.49. The topological polar surface area (TPSA) is 87.0 Å². The van der Waals surface area contributed by atoms with Crippen LogP contribution in [0.25, 0.3) is 0 Å². The highest BCUT2D eigenvalue weighted by atomic mass is 32.2. The highest BCUT2D eigenvalue weighted by Crippen LogP contribution is 2.10. The molecule has 78 valence electrons. The van der Waals surface area contributed by atoms with E-state index in [1.54, 1.807) is 6.07 Å². The van der Waals surface area contributed by atoms with Gasteiger partial charge in [-0.3, -0.25) is 9.52 Å². The molecule has 0 spiro atoms. The van der Waals surface area contributed by atoms with Crippen molar-refractivity contribution in [3.05, 3.63) is 29.8 Å². The maximum absolute atomic E-state index is 11.2. The average Bonchev–Trinajstić information content (AvgIpc) is 2.18. The van der Waals surface area contributed by atoms with E-state index in [4.69, 9.17) is 5.26 Å². The minimum Gasteiger partial charge on any atom is -0.298 e. The van der Waals surface area contributed by atoms with Gasteiger partial charge in [-0.05, 0) is 24.3 Å². The number of carbonyl (C=O) groups is 1. The van der Waals surface area contributed by atoms with Crippen LogP contribution >= 0.6 is 0 Å². The minimum absolute atomic E-state index is 0.329. The monoisotopic (exact) mass is 224 g/mol. The van der Waals surface area contributed by atoms with Crippen LogP contribution in [-0.4, -0.2) is 20.5 Å². The molecule has 5 nitrogen and oxygen atoms in total. The number of anilines is 1. The van der Waals surface area contributed by atoms with Gasteiger partial charge in [0.1, 0.15) is 6.29 Å².